The Morgan fingerprint density at radius 3 is 3.00 bits per heavy atom. The first-order valence-electron chi connectivity index (χ1n) is 7.45. The number of hydrogen-bond acceptors (Lipinski definition) is 4. The van der Waals surface area contributed by atoms with Gasteiger partial charge in [0.1, 0.15) is 11.5 Å². The zero-order chi connectivity index (χ0) is 15.4. The van der Waals surface area contributed by atoms with Gasteiger partial charge in [-0.3, -0.25) is 9.78 Å². The molecule has 1 aliphatic heterocycles. The zero-order valence-corrected chi connectivity index (χ0v) is 12.5. The van der Waals surface area contributed by atoms with Gasteiger partial charge in [0.25, 0.3) is 0 Å². The second-order valence-corrected chi connectivity index (χ2v) is 5.41. The fraction of sp³-hybridized carbons (Fsp3) is 0.294. The summed E-state index contributed by atoms with van der Waals surface area (Å²) in [5, 5.41) is 6.14. The van der Waals surface area contributed by atoms with E-state index in [0.717, 1.165) is 36.4 Å². The maximum atomic E-state index is 12.1. The van der Waals surface area contributed by atoms with Crippen molar-refractivity contribution in [2.24, 2.45) is 0 Å². The number of pyridine rings is 1. The average Bonchev–Trinajstić information content (AvgIpc) is 3.05. The van der Waals surface area contributed by atoms with Gasteiger partial charge in [0.2, 0.25) is 5.91 Å². The quantitative estimate of drug-likeness (QED) is 0.911. The minimum atomic E-state index is -0.0772. The van der Waals surface area contributed by atoms with E-state index in [0.29, 0.717) is 5.75 Å². The number of nitrogens with one attached hydrogen (secondary N) is 2. The Bertz CT molecular complexity index is 652. The Morgan fingerprint density at radius 2 is 2.32 bits per heavy atom. The largest absolute Gasteiger partial charge is 0.455 e. The van der Waals surface area contributed by atoms with E-state index in [1.165, 1.54) is 0 Å². The molecule has 0 aliphatic carbocycles. The normalized spacial score (nSPS) is 17.2. The van der Waals surface area contributed by atoms with E-state index in [9.17, 15) is 4.79 Å². The Balaban J connectivity index is 1.68. The number of carbonyl (C=O) groups excluding carboxylic acids is 1. The van der Waals surface area contributed by atoms with E-state index in [-0.39, 0.29) is 11.9 Å². The van der Waals surface area contributed by atoms with Crippen LogP contribution in [0.15, 0.2) is 42.7 Å². The first kappa shape index (κ1) is 14.5. The fourth-order valence-electron chi connectivity index (χ4n) is 2.51. The average molecular weight is 297 g/mol. The first-order chi connectivity index (χ1) is 10.7. The summed E-state index contributed by atoms with van der Waals surface area (Å²) in [5.41, 5.74) is 1.75. The molecule has 0 unspecified atom stereocenters. The lowest BCUT2D eigenvalue weighted by atomic mass is 10.1. The van der Waals surface area contributed by atoms with Crippen LogP contribution in [0.4, 0.5) is 5.69 Å². The van der Waals surface area contributed by atoms with Gasteiger partial charge in [-0.05, 0) is 62.2 Å². The number of carbonyl (C=O) groups is 1. The molecule has 5 nitrogen and oxygen atoms in total. The molecule has 1 amide bonds. The predicted octanol–water partition coefficient (Wildman–Crippen LogP) is 2.87. The maximum absolute atomic E-state index is 12.1. The van der Waals surface area contributed by atoms with Crippen LogP contribution in [0.3, 0.4) is 0 Å². The molecule has 1 fully saturated rings. The number of rotatable bonds is 4. The highest BCUT2D eigenvalue weighted by Crippen LogP contribution is 2.27. The number of nitrogens with zero attached hydrogens (tertiary/aromatic N) is 1. The molecule has 1 aromatic carbocycles. The molecule has 2 heterocycles. The molecule has 1 atom stereocenters. The highest BCUT2D eigenvalue weighted by Gasteiger charge is 2.21. The molecule has 3 rings (SSSR count). The van der Waals surface area contributed by atoms with Crippen molar-refractivity contribution >= 4 is 11.6 Å². The molecular formula is C17H19N3O2. The van der Waals surface area contributed by atoms with E-state index in [1.54, 1.807) is 12.4 Å². The molecule has 1 aliphatic rings. The van der Waals surface area contributed by atoms with Crippen molar-refractivity contribution in [2.75, 3.05) is 11.9 Å². The summed E-state index contributed by atoms with van der Waals surface area (Å²) >= 11 is 0. The van der Waals surface area contributed by atoms with E-state index < -0.39 is 0 Å². The van der Waals surface area contributed by atoms with Gasteiger partial charge in [-0.2, -0.15) is 0 Å². The van der Waals surface area contributed by atoms with Crippen LogP contribution in [0.2, 0.25) is 0 Å². The molecule has 2 aromatic rings. The fourth-order valence-corrected chi connectivity index (χ4v) is 2.51. The van der Waals surface area contributed by atoms with Crippen molar-refractivity contribution < 1.29 is 9.53 Å². The van der Waals surface area contributed by atoms with Crippen LogP contribution in [0.25, 0.3) is 0 Å². The minimum absolute atomic E-state index is 0.0258. The van der Waals surface area contributed by atoms with Crippen molar-refractivity contribution in [1.82, 2.24) is 10.3 Å². The number of ether oxygens (including phenoxy) is 1. The van der Waals surface area contributed by atoms with Gasteiger partial charge in [-0.25, -0.2) is 0 Å². The van der Waals surface area contributed by atoms with Gasteiger partial charge in [0, 0.05) is 11.9 Å². The van der Waals surface area contributed by atoms with Crippen LogP contribution in [0.5, 0.6) is 11.5 Å². The number of hydrogen-bond donors (Lipinski definition) is 2. The summed E-state index contributed by atoms with van der Waals surface area (Å²) in [5.74, 6) is 1.47. The molecule has 0 bridgehead atoms. The summed E-state index contributed by atoms with van der Waals surface area (Å²) in [4.78, 5) is 16.1. The Kier molecular flexibility index (Phi) is 4.34. The van der Waals surface area contributed by atoms with Crippen molar-refractivity contribution in [3.05, 3.63) is 48.3 Å². The smallest absolute Gasteiger partial charge is 0.241 e. The Hall–Kier alpha value is -2.40. The second kappa shape index (κ2) is 6.58. The molecule has 0 spiro atoms. The molecule has 1 saturated heterocycles. The van der Waals surface area contributed by atoms with Crippen LogP contribution < -0.4 is 15.4 Å². The lowest BCUT2D eigenvalue weighted by Gasteiger charge is -2.13. The molecule has 5 heteroatoms. The van der Waals surface area contributed by atoms with Gasteiger partial charge in [-0.1, -0.05) is 0 Å². The van der Waals surface area contributed by atoms with Crippen LogP contribution in [-0.4, -0.2) is 23.5 Å². The van der Waals surface area contributed by atoms with Crippen LogP contribution in [0.1, 0.15) is 18.4 Å². The highest BCUT2D eigenvalue weighted by atomic mass is 16.5. The molecule has 114 valence electrons. The second-order valence-electron chi connectivity index (χ2n) is 5.41. The topological polar surface area (TPSA) is 63.2 Å². The SMILES string of the molecule is Cc1cc(NC(=O)[C@@H]2CCCN2)ccc1Oc1cccnc1. The van der Waals surface area contributed by atoms with Crippen molar-refractivity contribution in [3.63, 3.8) is 0 Å². The highest BCUT2D eigenvalue weighted by molar-refractivity contribution is 5.95. The molecule has 0 radical (unpaired) electrons. The first-order valence-corrected chi connectivity index (χ1v) is 7.45. The summed E-state index contributed by atoms with van der Waals surface area (Å²) in [6.45, 7) is 2.87. The molecule has 1 aromatic heterocycles. The van der Waals surface area contributed by atoms with E-state index in [2.05, 4.69) is 15.6 Å². The summed E-state index contributed by atoms with van der Waals surface area (Å²) in [6.07, 6.45) is 5.32. The number of anilines is 1. The van der Waals surface area contributed by atoms with Crippen LogP contribution >= 0.6 is 0 Å². The standard InChI is InChI=1S/C17H19N3O2/c1-12-10-13(20-17(21)15-5-3-9-19-15)6-7-16(12)22-14-4-2-8-18-11-14/h2,4,6-8,10-11,15,19H,3,5,9H2,1H3,(H,20,21)/t15-/m0/s1. The van der Waals surface area contributed by atoms with Gasteiger partial charge in [0.15, 0.2) is 0 Å². The lowest BCUT2D eigenvalue weighted by Crippen LogP contribution is -2.35. The van der Waals surface area contributed by atoms with Crippen molar-refractivity contribution in [3.8, 4) is 11.5 Å². The third kappa shape index (κ3) is 3.43. The minimum Gasteiger partial charge on any atom is -0.455 e. The van der Waals surface area contributed by atoms with Gasteiger partial charge in [-0.15, -0.1) is 0 Å². The number of aromatic nitrogens is 1. The predicted molar refractivity (Wildman–Crippen MR) is 85.1 cm³/mol. The molecule has 0 saturated carbocycles. The molecular weight excluding hydrogens is 278 g/mol. The summed E-state index contributed by atoms with van der Waals surface area (Å²) in [7, 11) is 0. The monoisotopic (exact) mass is 297 g/mol. The van der Waals surface area contributed by atoms with Crippen molar-refractivity contribution in [1.29, 1.82) is 0 Å². The Morgan fingerprint density at radius 1 is 1.41 bits per heavy atom. The van der Waals surface area contributed by atoms with Crippen LogP contribution in [0, 0.1) is 6.92 Å². The summed E-state index contributed by atoms with van der Waals surface area (Å²) < 4.78 is 5.78. The van der Waals surface area contributed by atoms with E-state index >= 15 is 0 Å². The number of amides is 1. The van der Waals surface area contributed by atoms with E-state index in [4.69, 9.17) is 4.74 Å². The summed E-state index contributed by atoms with van der Waals surface area (Å²) in [6, 6.07) is 9.23. The third-order valence-electron chi connectivity index (χ3n) is 3.68. The number of benzene rings is 1. The van der Waals surface area contributed by atoms with E-state index in [1.807, 2.05) is 37.3 Å². The lowest BCUT2D eigenvalue weighted by molar-refractivity contribution is -0.117. The number of aryl methyl sites for hydroxylation is 1. The van der Waals surface area contributed by atoms with Gasteiger partial charge in [0.05, 0.1) is 12.2 Å². The molecule has 2 N–H and O–H groups in total. The van der Waals surface area contributed by atoms with Gasteiger partial charge < -0.3 is 15.4 Å². The zero-order valence-electron chi connectivity index (χ0n) is 12.5. The van der Waals surface area contributed by atoms with Crippen LogP contribution in [-0.2, 0) is 4.79 Å². The van der Waals surface area contributed by atoms with Crippen molar-refractivity contribution in [2.45, 2.75) is 25.8 Å². The van der Waals surface area contributed by atoms with Gasteiger partial charge >= 0.3 is 0 Å². The molecule has 22 heavy (non-hydrogen) atoms. The maximum Gasteiger partial charge on any atom is 0.241 e. The third-order valence-corrected chi connectivity index (χ3v) is 3.68. The Labute approximate surface area is 129 Å².